The van der Waals surface area contributed by atoms with Crippen LogP contribution in [0.2, 0.25) is 0 Å². The molecule has 1 saturated heterocycles. The highest BCUT2D eigenvalue weighted by atomic mass is 16.3. The summed E-state index contributed by atoms with van der Waals surface area (Å²) in [5, 5.41) is 12.5. The third-order valence-corrected chi connectivity index (χ3v) is 4.12. The molecule has 2 heterocycles. The van der Waals surface area contributed by atoms with Crippen LogP contribution in [0.15, 0.2) is 18.2 Å². The number of aliphatic hydroxyl groups is 1. The van der Waals surface area contributed by atoms with Gasteiger partial charge in [-0.15, -0.1) is 0 Å². The van der Waals surface area contributed by atoms with Crippen molar-refractivity contribution in [2.75, 3.05) is 37.4 Å². The average molecular weight is 275 g/mol. The van der Waals surface area contributed by atoms with Crippen LogP contribution in [0.4, 0.5) is 11.4 Å². The van der Waals surface area contributed by atoms with E-state index in [1.165, 1.54) is 12.8 Å². The Hall–Kier alpha value is -1.59. The summed E-state index contributed by atoms with van der Waals surface area (Å²) in [6.07, 6.45) is 1.38. The van der Waals surface area contributed by atoms with Gasteiger partial charge in [-0.1, -0.05) is 6.07 Å². The number of nitrogens with one attached hydrogen (secondary N) is 1. The van der Waals surface area contributed by atoms with E-state index in [4.69, 9.17) is 0 Å². The summed E-state index contributed by atoms with van der Waals surface area (Å²) in [5.74, 6) is -0.330. The molecular formula is C15H21N3O2. The fraction of sp³-hybridized carbons (Fsp3) is 0.533. The zero-order valence-electron chi connectivity index (χ0n) is 12.0. The Morgan fingerprint density at radius 3 is 3.00 bits per heavy atom. The maximum Gasteiger partial charge on any atom is 0.257 e. The summed E-state index contributed by atoms with van der Waals surface area (Å²) in [5.41, 5.74) is 2.56. The SMILES string of the molecule is CN(C)CC1CCCN1c1ccc2c(c1)NC(=O)C2O. The van der Waals surface area contributed by atoms with Crippen LogP contribution in [0.25, 0.3) is 0 Å². The Balaban J connectivity index is 1.85. The molecule has 2 N–H and O–H groups in total. The standard InChI is InChI=1S/C15H21N3O2/c1-17(2)9-11-4-3-7-18(11)10-5-6-12-13(8-10)16-15(20)14(12)19/h5-6,8,11,14,19H,3-4,7,9H2,1-2H3,(H,16,20). The van der Waals surface area contributed by atoms with Gasteiger partial charge in [0.05, 0.1) is 0 Å². The number of carbonyl (C=O) groups excluding carboxylic acids is 1. The number of aliphatic hydroxyl groups excluding tert-OH is 1. The minimum atomic E-state index is -1.02. The van der Waals surface area contributed by atoms with Gasteiger partial charge in [-0.2, -0.15) is 0 Å². The molecule has 2 aliphatic heterocycles. The summed E-state index contributed by atoms with van der Waals surface area (Å²) in [6.45, 7) is 2.08. The van der Waals surface area contributed by atoms with Crippen molar-refractivity contribution in [2.45, 2.75) is 25.0 Å². The number of amides is 1. The molecule has 2 atom stereocenters. The number of fused-ring (bicyclic) bond motifs is 1. The summed E-state index contributed by atoms with van der Waals surface area (Å²) >= 11 is 0. The molecule has 1 aromatic carbocycles. The number of anilines is 2. The molecular weight excluding hydrogens is 254 g/mol. The maximum atomic E-state index is 11.5. The topological polar surface area (TPSA) is 55.8 Å². The van der Waals surface area contributed by atoms with Gasteiger partial charge in [0.25, 0.3) is 5.91 Å². The molecule has 1 amide bonds. The van der Waals surface area contributed by atoms with Crippen LogP contribution in [0.5, 0.6) is 0 Å². The van der Waals surface area contributed by atoms with Crippen LogP contribution in [0, 0.1) is 0 Å². The largest absolute Gasteiger partial charge is 0.378 e. The molecule has 0 aromatic heterocycles. The molecule has 0 aliphatic carbocycles. The molecule has 0 bridgehead atoms. The number of carbonyl (C=O) groups is 1. The van der Waals surface area contributed by atoms with Crippen molar-refractivity contribution in [1.29, 1.82) is 0 Å². The highest BCUT2D eigenvalue weighted by molar-refractivity contribution is 6.02. The number of rotatable bonds is 3. The van der Waals surface area contributed by atoms with E-state index in [1.54, 1.807) is 0 Å². The second-order valence-electron chi connectivity index (χ2n) is 5.92. The van der Waals surface area contributed by atoms with Crippen molar-refractivity contribution in [1.82, 2.24) is 4.90 Å². The predicted octanol–water partition coefficient (Wildman–Crippen LogP) is 1.20. The van der Waals surface area contributed by atoms with Gasteiger partial charge < -0.3 is 20.2 Å². The van der Waals surface area contributed by atoms with Gasteiger partial charge in [-0.05, 0) is 39.1 Å². The Bertz CT molecular complexity index is 530. The van der Waals surface area contributed by atoms with E-state index in [-0.39, 0.29) is 5.91 Å². The van der Waals surface area contributed by atoms with E-state index in [1.807, 2.05) is 18.2 Å². The van der Waals surface area contributed by atoms with Crippen LogP contribution in [-0.4, -0.2) is 49.1 Å². The molecule has 2 unspecified atom stereocenters. The summed E-state index contributed by atoms with van der Waals surface area (Å²) in [6, 6.07) is 6.37. The predicted molar refractivity (Wildman–Crippen MR) is 79.0 cm³/mol. The zero-order valence-corrected chi connectivity index (χ0v) is 12.0. The lowest BCUT2D eigenvalue weighted by Gasteiger charge is -2.29. The van der Waals surface area contributed by atoms with Crippen molar-refractivity contribution >= 4 is 17.3 Å². The Morgan fingerprint density at radius 1 is 1.45 bits per heavy atom. The van der Waals surface area contributed by atoms with E-state index in [0.29, 0.717) is 11.6 Å². The van der Waals surface area contributed by atoms with Crippen molar-refractivity contribution in [3.8, 4) is 0 Å². The lowest BCUT2D eigenvalue weighted by atomic mass is 10.1. The minimum Gasteiger partial charge on any atom is -0.378 e. The smallest absolute Gasteiger partial charge is 0.257 e. The van der Waals surface area contributed by atoms with E-state index >= 15 is 0 Å². The zero-order chi connectivity index (χ0) is 14.3. The highest BCUT2D eigenvalue weighted by Gasteiger charge is 2.30. The third kappa shape index (κ3) is 2.27. The van der Waals surface area contributed by atoms with Gasteiger partial charge in [0.15, 0.2) is 6.10 Å². The first kappa shape index (κ1) is 13.4. The number of nitrogens with zero attached hydrogens (tertiary/aromatic N) is 2. The molecule has 0 spiro atoms. The van der Waals surface area contributed by atoms with E-state index < -0.39 is 6.10 Å². The van der Waals surface area contributed by atoms with Gasteiger partial charge in [0, 0.05) is 36.1 Å². The van der Waals surface area contributed by atoms with Gasteiger partial charge in [-0.25, -0.2) is 0 Å². The molecule has 20 heavy (non-hydrogen) atoms. The Morgan fingerprint density at radius 2 is 2.25 bits per heavy atom. The van der Waals surface area contributed by atoms with Crippen molar-refractivity contribution in [2.24, 2.45) is 0 Å². The third-order valence-electron chi connectivity index (χ3n) is 4.12. The van der Waals surface area contributed by atoms with Crippen molar-refractivity contribution < 1.29 is 9.90 Å². The van der Waals surface area contributed by atoms with E-state index in [9.17, 15) is 9.90 Å². The summed E-state index contributed by atoms with van der Waals surface area (Å²) in [7, 11) is 4.19. The van der Waals surface area contributed by atoms with Gasteiger partial charge in [-0.3, -0.25) is 4.79 Å². The molecule has 5 heteroatoms. The number of hydrogen-bond acceptors (Lipinski definition) is 4. The molecule has 0 saturated carbocycles. The van der Waals surface area contributed by atoms with E-state index in [2.05, 4.69) is 29.2 Å². The maximum absolute atomic E-state index is 11.5. The first-order chi connectivity index (χ1) is 9.56. The number of hydrogen-bond donors (Lipinski definition) is 2. The van der Waals surface area contributed by atoms with Crippen LogP contribution in [0.1, 0.15) is 24.5 Å². The number of benzene rings is 1. The lowest BCUT2D eigenvalue weighted by molar-refractivity contribution is -0.123. The molecule has 1 fully saturated rings. The Kier molecular flexibility index (Phi) is 3.40. The molecule has 3 rings (SSSR count). The van der Waals surface area contributed by atoms with Crippen LogP contribution in [-0.2, 0) is 4.79 Å². The van der Waals surface area contributed by atoms with Crippen LogP contribution < -0.4 is 10.2 Å². The summed E-state index contributed by atoms with van der Waals surface area (Å²) < 4.78 is 0. The lowest BCUT2D eigenvalue weighted by Crippen LogP contribution is -2.37. The fourth-order valence-corrected chi connectivity index (χ4v) is 3.20. The van der Waals surface area contributed by atoms with Gasteiger partial charge in [0.1, 0.15) is 0 Å². The minimum absolute atomic E-state index is 0.330. The van der Waals surface area contributed by atoms with Crippen LogP contribution >= 0.6 is 0 Å². The molecule has 5 nitrogen and oxygen atoms in total. The van der Waals surface area contributed by atoms with Gasteiger partial charge in [0.2, 0.25) is 0 Å². The van der Waals surface area contributed by atoms with E-state index in [0.717, 1.165) is 24.5 Å². The first-order valence-electron chi connectivity index (χ1n) is 7.10. The van der Waals surface area contributed by atoms with Crippen molar-refractivity contribution in [3.63, 3.8) is 0 Å². The molecule has 2 aliphatic rings. The normalized spacial score (nSPS) is 25.2. The number of likely N-dealkylation sites (N-methyl/N-ethyl adjacent to an activating group) is 1. The molecule has 1 aromatic rings. The Labute approximate surface area is 119 Å². The second-order valence-corrected chi connectivity index (χ2v) is 5.92. The van der Waals surface area contributed by atoms with Gasteiger partial charge >= 0.3 is 0 Å². The van der Waals surface area contributed by atoms with Crippen molar-refractivity contribution in [3.05, 3.63) is 23.8 Å². The average Bonchev–Trinajstić information content (AvgIpc) is 2.95. The fourth-order valence-electron chi connectivity index (χ4n) is 3.20. The second kappa shape index (κ2) is 5.07. The summed E-state index contributed by atoms with van der Waals surface area (Å²) in [4.78, 5) is 16.1. The monoisotopic (exact) mass is 275 g/mol. The molecule has 0 radical (unpaired) electrons. The quantitative estimate of drug-likeness (QED) is 0.870. The van der Waals surface area contributed by atoms with Crippen LogP contribution in [0.3, 0.4) is 0 Å². The molecule has 108 valence electrons. The first-order valence-corrected chi connectivity index (χ1v) is 7.10. The highest BCUT2D eigenvalue weighted by Crippen LogP contribution is 2.35.